The van der Waals surface area contributed by atoms with E-state index in [1.54, 1.807) is 9.25 Å². The van der Waals surface area contributed by atoms with Crippen LogP contribution in [0.15, 0.2) is 35.5 Å². The molecular weight excluding hydrogens is 352 g/mol. The fraction of sp³-hybridized carbons (Fsp3) is 0.389. The van der Waals surface area contributed by atoms with Crippen molar-refractivity contribution in [1.82, 2.24) is 19.3 Å². The van der Waals surface area contributed by atoms with Gasteiger partial charge >= 0.3 is 0 Å². The number of hydrogen-bond acceptors (Lipinski definition) is 5. The first-order chi connectivity index (χ1) is 12.3. The van der Waals surface area contributed by atoms with Gasteiger partial charge in [-0.1, -0.05) is 23.8 Å². The topological polar surface area (TPSA) is 86.8 Å². The Hall–Kier alpha value is -2.48. The Morgan fingerprint density at radius 1 is 1.27 bits per heavy atom. The van der Waals surface area contributed by atoms with Gasteiger partial charge in [0.25, 0.3) is 5.56 Å². The van der Waals surface area contributed by atoms with Crippen LogP contribution in [0.3, 0.4) is 0 Å². The van der Waals surface area contributed by atoms with E-state index in [1.165, 1.54) is 12.5 Å². The lowest BCUT2D eigenvalue weighted by Crippen LogP contribution is -2.22. The maximum atomic E-state index is 12.8. The van der Waals surface area contributed by atoms with Gasteiger partial charge in [0, 0.05) is 0 Å². The molecule has 1 fully saturated rings. The molecule has 0 bridgehead atoms. The van der Waals surface area contributed by atoms with Gasteiger partial charge in [-0.25, -0.2) is 18.1 Å². The summed E-state index contributed by atoms with van der Waals surface area (Å²) in [6.07, 6.45) is 3.52. The number of fused-ring (bicyclic) bond motifs is 1. The second-order valence-electron chi connectivity index (χ2n) is 6.99. The van der Waals surface area contributed by atoms with Crippen LogP contribution in [0.4, 0.5) is 0 Å². The van der Waals surface area contributed by atoms with E-state index in [-0.39, 0.29) is 23.1 Å². The number of nitrogens with zero attached hydrogens (tertiary/aromatic N) is 4. The highest BCUT2D eigenvalue weighted by atomic mass is 32.2. The number of aromatic nitrogens is 4. The molecular formula is C18H20N4O3S. The summed E-state index contributed by atoms with van der Waals surface area (Å²) in [4.78, 5) is 17.2. The van der Waals surface area contributed by atoms with Gasteiger partial charge in [-0.05, 0) is 31.4 Å². The van der Waals surface area contributed by atoms with E-state index in [4.69, 9.17) is 0 Å². The molecule has 0 aliphatic carbocycles. The predicted molar refractivity (Wildman–Crippen MR) is 99.1 cm³/mol. The van der Waals surface area contributed by atoms with Crippen LogP contribution in [0.2, 0.25) is 0 Å². The van der Waals surface area contributed by atoms with Crippen molar-refractivity contribution in [2.75, 3.05) is 11.5 Å². The number of hydrogen-bond donors (Lipinski definition) is 0. The lowest BCUT2D eigenvalue weighted by molar-refractivity contribution is 0.511. The summed E-state index contributed by atoms with van der Waals surface area (Å²) in [5.74, 6) is 0.208. The summed E-state index contributed by atoms with van der Waals surface area (Å²) in [6, 6.07) is 5.90. The second kappa shape index (κ2) is 6.05. The fourth-order valence-electron chi connectivity index (χ4n) is 3.47. The standard InChI is InChI=1S/C18H20N4O3S/c1-12-3-4-13(2)14(7-12)9-21-11-19-17-16(18(21)23)8-20-22(17)15-5-6-26(24,25)10-15/h3-4,7-8,11,15H,5-6,9-10H2,1-2H3/t15-/m0/s1. The van der Waals surface area contributed by atoms with Crippen LogP contribution < -0.4 is 5.56 Å². The molecule has 7 nitrogen and oxygen atoms in total. The van der Waals surface area contributed by atoms with Gasteiger partial charge in [0.1, 0.15) is 11.7 Å². The van der Waals surface area contributed by atoms with Crippen LogP contribution in [0.25, 0.3) is 11.0 Å². The number of aryl methyl sites for hydroxylation is 2. The molecule has 3 aromatic rings. The van der Waals surface area contributed by atoms with Crippen LogP contribution in [-0.4, -0.2) is 39.3 Å². The lowest BCUT2D eigenvalue weighted by atomic mass is 10.1. The molecule has 0 radical (unpaired) electrons. The summed E-state index contributed by atoms with van der Waals surface area (Å²) in [6.45, 7) is 4.48. The quantitative estimate of drug-likeness (QED) is 0.697. The van der Waals surface area contributed by atoms with E-state index in [1.807, 2.05) is 26.0 Å². The van der Waals surface area contributed by atoms with Crippen molar-refractivity contribution in [2.24, 2.45) is 0 Å². The average Bonchev–Trinajstić information content (AvgIpc) is 3.16. The first-order valence-corrected chi connectivity index (χ1v) is 10.4. The van der Waals surface area contributed by atoms with Crippen molar-refractivity contribution < 1.29 is 8.42 Å². The molecule has 1 saturated heterocycles. The molecule has 0 unspecified atom stereocenters. The first-order valence-electron chi connectivity index (χ1n) is 8.53. The number of sulfone groups is 1. The Morgan fingerprint density at radius 2 is 2.08 bits per heavy atom. The van der Waals surface area contributed by atoms with Crippen LogP contribution in [0.5, 0.6) is 0 Å². The molecule has 0 spiro atoms. The highest BCUT2D eigenvalue weighted by Gasteiger charge is 2.31. The molecule has 8 heteroatoms. The Balaban J connectivity index is 1.73. The largest absolute Gasteiger partial charge is 0.294 e. The molecule has 1 atom stereocenters. The molecule has 26 heavy (non-hydrogen) atoms. The smallest absolute Gasteiger partial charge is 0.264 e. The van der Waals surface area contributed by atoms with E-state index in [2.05, 4.69) is 16.1 Å². The molecule has 3 heterocycles. The van der Waals surface area contributed by atoms with E-state index in [0.717, 1.165) is 16.7 Å². The summed E-state index contributed by atoms with van der Waals surface area (Å²) in [5.41, 5.74) is 3.62. The maximum Gasteiger partial charge on any atom is 0.264 e. The lowest BCUT2D eigenvalue weighted by Gasteiger charge is -2.11. The molecule has 2 aromatic heterocycles. The normalized spacial score (nSPS) is 19.2. The first kappa shape index (κ1) is 17.0. The van der Waals surface area contributed by atoms with E-state index in [9.17, 15) is 13.2 Å². The second-order valence-corrected chi connectivity index (χ2v) is 9.22. The monoisotopic (exact) mass is 372 g/mol. The Kier molecular flexibility index (Phi) is 3.95. The molecule has 1 aromatic carbocycles. The minimum atomic E-state index is -3.03. The Morgan fingerprint density at radius 3 is 2.81 bits per heavy atom. The van der Waals surface area contributed by atoms with Crippen LogP contribution in [0, 0.1) is 13.8 Å². The molecule has 1 aliphatic rings. The van der Waals surface area contributed by atoms with Crippen molar-refractivity contribution in [3.05, 3.63) is 57.8 Å². The van der Waals surface area contributed by atoms with E-state index >= 15 is 0 Å². The van der Waals surface area contributed by atoms with E-state index in [0.29, 0.717) is 24.0 Å². The van der Waals surface area contributed by atoms with Crippen molar-refractivity contribution in [3.63, 3.8) is 0 Å². The maximum absolute atomic E-state index is 12.8. The van der Waals surface area contributed by atoms with Gasteiger partial charge in [0.05, 0.1) is 30.3 Å². The van der Waals surface area contributed by atoms with Crippen molar-refractivity contribution in [2.45, 2.75) is 32.9 Å². The third kappa shape index (κ3) is 2.94. The minimum absolute atomic E-state index is 0.0526. The van der Waals surface area contributed by atoms with E-state index < -0.39 is 9.84 Å². The summed E-state index contributed by atoms with van der Waals surface area (Å²) < 4.78 is 26.6. The van der Waals surface area contributed by atoms with Crippen molar-refractivity contribution >= 4 is 20.9 Å². The zero-order valence-electron chi connectivity index (χ0n) is 14.7. The minimum Gasteiger partial charge on any atom is -0.294 e. The molecule has 0 N–H and O–H groups in total. The van der Waals surface area contributed by atoms with Gasteiger partial charge in [0.2, 0.25) is 0 Å². The summed E-state index contributed by atoms with van der Waals surface area (Å²) in [7, 11) is -3.03. The zero-order chi connectivity index (χ0) is 18.5. The summed E-state index contributed by atoms with van der Waals surface area (Å²) >= 11 is 0. The Bertz CT molecular complexity index is 1160. The third-order valence-corrected chi connectivity index (χ3v) is 6.73. The highest BCUT2D eigenvalue weighted by Crippen LogP contribution is 2.25. The van der Waals surface area contributed by atoms with Gasteiger partial charge in [0.15, 0.2) is 15.5 Å². The van der Waals surface area contributed by atoms with Crippen LogP contribution >= 0.6 is 0 Å². The van der Waals surface area contributed by atoms with Crippen LogP contribution in [0.1, 0.15) is 29.2 Å². The van der Waals surface area contributed by atoms with Gasteiger partial charge in [-0.15, -0.1) is 0 Å². The van der Waals surface area contributed by atoms with Gasteiger partial charge < -0.3 is 0 Å². The average molecular weight is 372 g/mol. The molecule has 4 rings (SSSR count). The Labute approximate surface area is 151 Å². The molecule has 0 amide bonds. The third-order valence-electron chi connectivity index (χ3n) is 4.98. The van der Waals surface area contributed by atoms with Gasteiger partial charge in [-0.3, -0.25) is 9.36 Å². The molecule has 0 saturated carbocycles. The number of rotatable bonds is 3. The summed E-state index contributed by atoms with van der Waals surface area (Å²) in [5, 5.41) is 4.68. The number of benzene rings is 1. The highest BCUT2D eigenvalue weighted by molar-refractivity contribution is 7.91. The van der Waals surface area contributed by atoms with Crippen molar-refractivity contribution in [1.29, 1.82) is 0 Å². The molecule has 136 valence electrons. The zero-order valence-corrected chi connectivity index (χ0v) is 15.5. The predicted octanol–water partition coefficient (Wildman–Crippen LogP) is 1.62. The molecule has 1 aliphatic heterocycles. The SMILES string of the molecule is Cc1ccc(C)c(Cn2cnc3c(cnn3[C@H]3CCS(=O)(=O)C3)c2=O)c1. The fourth-order valence-corrected chi connectivity index (χ4v) is 5.16. The van der Waals surface area contributed by atoms with Crippen LogP contribution in [-0.2, 0) is 16.4 Å². The van der Waals surface area contributed by atoms with Gasteiger partial charge in [-0.2, -0.15) is 5.10 Å². The van der Waals surface area contributed by atoms with Crippen molar-refractivity contribution in [3.8, 4) is 0 Å².